The number of aromatic nitrogens is 1. The van der Waals surface area contributed by atoms with E-state index in [0.29, 0.717) is 5.56 Å². The molecule has 16 heavy (non-hydrogen) atoms. The van der Waals surface area contributed by atoms with Gasteiger partial charge in [-0.25, -0.2) is 9.78 Å². The van der Waals surface area contributed by atoms with Crippen LogP contribution in [0.15, 0.2) is 12.1 Å². The number of rotatable bonds is 4. The van der Waals surface area contributed by atoms with Crippen LogP contribution in [0, 0.1) is 12.8 Å². The van der Waals surface area contributed by atoms with Gasteiger partial charge in [-0.3, -0.25) is 0 Å². The lowest BCUT2D eigenvalue weighted by Crippen LogP contribution is -2.21. The molecule has 0 bridgehead atoms. The molecule has 1 aliphatic carbocycles. The average Bonchev–Trinajstić information content (AvgIpc) is 3.00. The molecular weight excluding hydrogens is 204 g/mol. The second-order valence-corrected chi connectivity index (χ2v) is 4.48. The molecule has 1 heterocycles. The summed E-state index contributed by atoms with van der Waals surface area (Å²) in [6.45, 7) is 2.79. The highest BCUT2D eigenvalue weighted by molar-refractivity contribution is 5.88. The number of anilines is 1. The zero-order valence-corrected chi connectivity index (χ0v) is 9.60. The highest BCUT2D eigenvalue weighted by Gasteiger charge is 2.23. The third kappa shape index (κ3) is 2.51. The van der Waals surface area contributed by atoms with E-state index in [1.165, 1.54) is 12.8 Å². The minimum atomic E-state index is -0.897. The fraction of sp³-hybridized carbons (Fsp3) is 0.500. The Balaban J connectivity index is 2.21. The van der Waals surface area contributed by atoms with Gasteiger partial charge >= 0.3 is 5.97 Å². The normalized spacial score (nSPS) is 14.9. The number of pyridine rings is 1. The third-order valence-corrected chi connectivity index (χ3v) is 2.81. The van der Waals surface area contributed by atoms with Crippen molar-refractivity contribution < 1.29 is 9.90 Å². The molecule has 1 N–H and O–H groups in total. The fourth-order valence-corrected chi connectivity index (χ4v) is 1.75. The van der Waals surface area contributed by atoms with Gasteiger partial charge in [0.15, 0.2) is 0 Å². The van der Waals surface area contributed by atoms with Crippen LogP contribution in [0.25, 0.3) is 0 Å². The molecule has 0 saturated heterocycles. The van der Waals surface area contributed by atoms with E-state index in [0.717, 1.165) is 24.0 Å². The molecule has 86 valence electrons. The van der Waals surface area contributed by atoms with Gasteiger partial charge in [0.25, 0.3) is 0 Å². The second-order valence-electron chi connectivity index (χ2n) is 4.48. The summed E-state index contributed by atoms with van der Waals surface area (Å²) in [7, 11) is 1.96. The second kappa shape index (κ2) is 4.12. The highest BCUT2D eigenvalue weighted by atomic mass is 16.4. The molecule has 4 heteroatoms. The van der Waals surface area contributed by atoms with Crippen LogP contribution in [0.1, 0.15) is 28.9 Å². The molecule has 0 aliphatic heterocycles. The molecular formula is C12H16N2O2. The lowest BCUT2D eigenvalue weighted by atomic mass is 10.2. The van der Waals surface area contributed by atoms with Gasteiger partial charge < -0.3 is 10.0 Å². The van der Waals surface area contributed by atoms with Crippen molar-refractivity contribution in [3.05, 3.63) is 23.4 Å². The van der Waals surface area contributed by atoms with Crippen LogP contribution in [0.5, 0.6) is 0 Å². The standard InChI is InChI=1S/C12H16N2O2/c1-8-5-10(12(15)16)6-11(13-8)14(2)7-9-3-4-9/h5-6,9H,3-4,7H2,1-2H3,(H,15,16). The summed E-state index contributed by atoms with van der Waals surface area (Å²) < 4.78 is 0. The van der Waals surface area contributed by atoms with Gasteiger partial charge in [0.1, 0.15) is 5.82 Å². The van der Waals surface area contributed by atoms with E-state index < -0.39 is 5.97 Å². The molecule has 1 aliphatic rings. The van der Waals surface area contributed by atoms with Gasteiger partial charge in [-0.2, -0.15) is 0 Å². The number of aryl methyl sites for hydroxylation is 1. The van der Waals surface area contributed by atoms with Gasteiger partial charge in [-0.05, 0) is 37.8 Å². The molecule has 0 unspecified atom stereocenters. The zero-order valence-electron chi connectivity index (χ0n) is 9.60. The van der Waals surface area contributed by atoms with Crippen LogP contribution in [-0.4, -0.2) is 29.7 Å². The highest BCUT2D eigenvalue weighted by Crippen LogP contribution is 2.30. The summed E-state index contributed by atoms with van der Waals surface area (Å²) >= 11 is 0. The summed E-state index contributed by atoms with van der Waals surface area (Å²) in [6, 6.07) is 3.23. The van der Waals surface area contributed by atoms with Crippen molar-refractivity contribution in [3.8, 4) is 0 Å². The molecule has 2 rings (SSSR count). The lowest BCUT2D eigenvalue weighted by Gasteiger charge is -2.18. The summed E-state index contributed by atoms with van der Waals surface area (Å²) in [5.74, 6) is 0.622. The Labute approximate surface area is 94.9 Å². The van der Waals surface area contributed by atoms with Crippen LogP contribution >= 0.6 is 0 Å². The van der Waals surface area contributed by atoms with E-state index in [9.17, 15) is 4.79 Å². The first-order chi connectivity index (χ1) is 7.56. The van der Waals surface area contributed by atoms with E-state index in [2.05, 4.69) is 4.98 Å². The van der Waals surface area contributed by atoms with Crippen LogP contribution in [0.3, 0.4) is 0 Å². The molecule has 1 fully saturated rings. The van der Waals surface area contributed by atoms with Crippen LogP contribution in [0.2, 0.25) is 0 Å². The molecule has 1 saturated carbocycles. The maximum atomic E-state index is 10.9. The van der Waals surface area contributed by atoms with Crippen LogP contribution < -0.4 is 4.90 Å². The van der Waals surface area contributed by atoms with Gasteiger partial charge in [0.05, 0.1) is 5.56 Å². The molecule has 0 aromatic carbocycles. The minimum absolute atomic E-state index is 0.310. The number of carboxylic acids is 1. The number of hydrogen-bond donors (Lipinski definition) is 1. The number of aromatic carboxylic acids is 1. The summed E-state index contributed by atoms with van der Waals surface area (Å²) in [4.78, 5) is 17.3. The van der Waals surface area contributed by atoms with E-state index in [1.807, 2.05) is 18.9 Å². The van der Waals surface area contributed by atoms with Gasteiger partial charge in [0, 0.05) is 19.3 Å². The molecule has 0 radical (unpaired) electrons. The SMILES string of the molecule is Cc1cc(C(=O)O)cc(N(C)CC2CC2)n1. The Morgan fingerprint density at radius 3 is 2.81 bits per heavy atom. The molecule has 0 atom stereocenters. The Kier molecular flexibility index (Phi) is 2.81. The monoisotopic (exact) mass is 220 g/mol. The van der Waals surface area contributed by atoms with E-state index >= 15 is 0 Å². The van der Waals surface area contributed by atoms with E-state index in [1.54, 1.807) is 12.1 Å². The predicted octanol–water partition coefficient (Wildman–Crippen LogP) is 1.93. The molecule has 0 amide bonds. The maximum absolute atomic E-state index is 10.9. The number of carbonyl (C=O) groups is 1. The first kappa shape index (κ1) is 10.9. The van der Waals surface area contributed by atoms with Crippen molar-refractivity contribution in [3.63, 3.8) is 0 Å². The molecule has 1 aromatic rings. The molecule has 4 nitrogen and oxygen atoms in total. The zero-order chi connectivity index (χ0) is 11.7. The van der Waals surface area contributed by atoms with E-state index in [4.69, 9.17) is 5.11 Å². The summed E-state index contributed by atoms with van der Waals surface area (Å²) in [5, 5.41) is 8.96. The largest absolute Gasteiger partial charge is 0.478 e. The van der Waals surface area contributed by atoms with Crippen molar-refractivity contribution in [1.29, 1.82) is 0 Å². The topological polar surface area (TPSA) is 53.4 Å². The number of hydrogen-bond acceptors (Lipinski definition) is 3. The molecule has 0 spiro atoms. The number of carboxylic acid groups (broad SMARTS) is 1. The number of nitrogens with zero attached hydrogens (tertiary/aromatic N) is 2. The van der Waals surface area contributed by atoms with Gasteiger partial charge in [-0.15, -0.1) is 0 Å². The molecule has 1 aromatic heterocycles. The lowest BCUT2D eigenvalue weighted by molar-refractivity contribution is 0.0696. The van der Waals surface area contributed by atoms with Gasteiger partial charge in [0.2, 0.25) is 0 Å². The summed E-state index contributed by atoms with van der Waals surface area (Å²) in [6.07, 6.45) is 2.56. The van der Waals surface area contributed by atoms with Gasteiger partial charge in [-0.1, -0.05) is 0 Å². The third-order valence-electron chi connectivity index (χ3n) is 2.81. The van der Waals surface area contributed by atoms with Crippen molar-refractivity contribution >= 4 is 11.8 Å². The smallest absolute Gasteiger partial charge is 0.335 e. The van der Waals surface area contributed by atoms with Crippen LogP contribution in [0.4, 0.5) is 5.82 Å². The van der Waals surface area contributed by atoms with Crippen molar-refractivity contribution in [1.82, 2.24) is 4.98 Å². The van der Waals surface area contributed by atoms with Crippen molar-refractivity contribution in [2.45, 2.75) is 19.8 Å². The first-order valence-electron chi connectivity index (χ1n) is 5.49. The first-order valence-corrected chi connectivity index (χ1v) is 5.49. The van der Waals surface area contributed by atoms with Crippen molar-refractivity contribution in [2.24, 2.45) is 5.92 Å². The van der Waals surface area contributed by atoms with Crippen LogP contribution in [-0.2, 0) is 0 Å². The quantitative estimate of drug-likeness (QED) is 0.842. The Morgan fingerprint density at radius 2 is 2.25 bits per heavy atom. The van der Waals surface area contributed by atoms with Crippen molar-refractivity contribution in [2.75, 3.05) is 18.5 Å². The fourth-order valence-electron chi connectivity index (χ4n) is 1.75. The Hall–Kier alpha value is -1.58. The average molecular weight is 220 g/mol. The Bertz CT molecular complexity index is 413. The Morgan fingerprint density at radius 1 is 1.56 bits per heavy atom. The maximum Gasteiger partial charge on any atom is 0.335 e. The minimum Gasteiger partial charge on any atom is -0.478 e. The van der Waals surface area contributed by atoms with E-state index in [-0.39, 0.29) is 0 Å². The predicted molar refractivity (Wildman–Crippen MR) is 61.9 cm³/mol. The summed E-state index contributed by atoms with van der Waals surface area (Å²) in [5.41, 5.74) is 1.06.